The van der Waals surface area contributed by atoms with Gasteiger partial charge < -0.3 is 14.6 Å². The second-order valence-electron chi connectivity index (χ2n) is 2.79. The third-order valence-corrected chi connectivity index (χ3v) is 2.43. The van der Waals surface area contributed by atoms with E-state index in [-0.39, 0.29) is 23.7 Å². The van der Waals surface area contributed by atoms with Gasteiger partial charge in [0, 0.05) is 0 Å². The Kier molecular flexibility index (Phi) is 1.46. The number of epoxide rings is 1. The summed E-state index contributed by atoms with van der Waals surface area (Å²) in [5.41, 5.74) is -0.376. The van der Waals surface area contributed by atoms with E-state index in [9.17, 15) is 5.11 Å². The van der Waals surface area contributed by atoms with E-state index in [1.807, 2.05) is 6.92 Å². The summed E-state index contributed by atoms with van der Waals surface area (Å²) in [6.07, 6.45) is -0.384. The van der Waals surface area contributed by atoms with Gasteiger partial charge in [-0.3, -0.25) is 0 Å². The molecule has 0 amide bonds. The maximum absolute atomic E-state index is 9.28. The lowest BCUT2D eigenvalue weighted by molar-refractivity contribution is -0.0466. The molecule has 2 aliphatic rings. The SMILES string of the molecule is CC1OC(S)C(O)C2OC12. The molecule has 0 aromatic heterocycles. The summed E-state index contributed by atoms with van der Waals surface area (Å²) < 4.78 is 10.4. The fraction of sp³-hybridized carbons (Fsp3) is 1.00. The van der Waals surface area contributed by atoms with E-state index < -0.39 is 6.10 Å². The van der Waals surface area contributed by atoms with Crippen molar-refractivity contribution in [1.29, 1.82) is 0 Å². The van der Waals surface area contributed by atoms with Gasteiger partial charge in [-0.2, -0.15) is 0 Å². The number of hydrogen-bond acceptors (Lipinski definition) is 4. The Labute approximate surface area is 64.7 Å². The van der Waals surface area contributed by atoms with Gasteiger partial charge in [0.2, 0.25) is 0 Å². The van der Waals surface area contributed by atoms with Crippen LogP contribution in [0, 0.1) is 0 Å². The van der Waals surface area contributed by atoms with Gasteiger partial charge in [-0.25, -0.2) is 0 Å². The van der Waals surface area contributed by atoms with Gasteiger partial charge in [0.1, 0.15) is 23.7 Å². The number of fused-ring (bicyclic) bond motifs is 1. The minimum atomic E-state index is -0.551. The van der Waals surface area contributed by atoms with Gasteiger partial charge in [-0.1, -0.05) is 0 Å². The van der Waals surface area contributed by atoms with E-state index in [1.54, 1.807) is 0 Å². The van der Waals surface area contributed by atoms with Crippen LogP contribution in [0.25, 0.3) is 0 Å². The molecule has 2 rings (SSSR count). The van der Waals surface area contributed by atoms with Crippen LogP contribution < -0.4 is 0 Å². The molecule has 3 nitrogen and oxygen atoms in total. The summed E-state index contributed by atoms with van der Waals surface area (Å²) in [6.45, 7) is 1.93. The molecule has 0 aromatic carbocycles. The predicted molar refractivity (Wildman–Crippen MR) is 38.0 cm³/mol. The third kappa shape index (κ3) is 0.871. The highest BCUT2D eigenvalue weighted by Crippen LogP contribution is 2.37. The Morgan fingerprint density at radius 2 is 2.00 bits per heavy atom. The number of thiol groups is 1. The van der Waals surface area contributed by atoms with E-state index in [0.717, 1.165) is 0 Å². The van der Waals surface area contributed by atoms with Crippen molar-refractivity contribution in [2.24, 2.45) is 0 Å². The fourth-order valence-electron chi connectivity index (χ4n) is 1.33. The molecular weight excluding hydrogens is 152 g/mol. The van der Waals surface area contributed by atoms with Crippen molar-refractivity contribution in [3.05, 3.63) is 0 Å². The molecule has 0 aromatic rings. The first kappa shape index (κ1) is 6.91. The van der Waals surface area contributed by atoms with Crippen LogP contribution in [-0.4, -0.2) is 35.0 Å². The molecule has 0 aliphatic carbocycles. The number of aliphatic hydroxyl groups is 1. The highest BCUT2D eigenvalue weighted by Gasteiger charge is 2.54. The molecule has 0 spiro atoms. The molecule has 10 heavy (non-hydrogen) atoms. The third-order valence-electron chi connectivity index (χ3n) is 2.01. The predicted octanol–water partition coefficient (Wildman–Crippen LogP) is -0.211. The van der Waals surface area contributed by atoms with Crippen molar-refractivity contribution in [2.75, 3.05) is 0 Å². The van der Waals surface area contributed by atoms with Crippen LogP contribution in [0.2, 0.25) is 0 Å². The maximum Gasteiger partial charge on any atom is 0.129 e. The van der Waals surface area contributed by atoms with Crippen LogP contribution in [0.15, 0.2) is 0 Å². The van der Waals surface area contributed by atoms with Crippen LogP contribution in [0.3, 0.4) is 0 Å². The number of rotatable bonds is 0. The van der Waals surface area contributed by atoms with Crippen molar-refractivity contribution in [2.45, 2.75) is 36.8 Å². The van der Waals surface area contributed by atoms with Gasteiger partial charge in [-0.15, -0.1) is 12.6 Å². The zero-order chi connectivity index (χ0) is 7.30. The summed E-state index contributed by atoms with van der Waals surface area (Å²) in [6, 6.07) is 0. The van der Waals surface area contributed by atoms with E-state index >= 15 is 0 Å². The molecule has 58 valence electrons. The lowest BCUT2D eigenvalue weighted by Crippen LogP contribution is -2.40. The highest BCUT2D eigenvalue weighted by atomic mass is 32.1. The number of hydrogen-bond donors (Lipinski definition) is 2. The highest BCUT2D eigenvalue weighted by molar-refractivity contribution is 7.80. The molecule has 0 bridgehead atoms. The topological polar surface area (TPSA) is 42.0 Å². The first-order valence-electron chi connectivity index (χ1n) is 3.37. The number of ether oxygens (including phenoxy) is 2. The Bertz CT molecular complexity index is 150. The largest absolute Gasteiger partial charge is 0.387 e. The molecule has 0 saturated carbocycles. The van der Waals surface area contributed by atoms with E-state index in [2.05, 4.69) is 12.6 Å². The second-order valence-corrected chi connectivity index (χ2v) is 3.30. The van der Waals surface area contributed by atoms with E-state index in [4.69, 9.17) is 9.47 Å². The standard InChI is InChI=1S/C6H10O3S/c1-2-4-5(9-4)3(7)6(10)8-2/h2-7,10H,1H3. The smallest absolute Gasteiger partial charge is 0.129 e. The van der Waals surface area contributed by atoms with E-state index in [1.165, 1.54) is 0 Å². The molecule has 2 saturated heterocycles. The minimum absolute atomic E-state index is 0.0220. The van der Waals surface area contributed by atoms with Crippen LogP contribution in [0.5, 0.6) is 0 Å². The van der Waals surface area contributed by atoms with Crippen LogP contribution in [0.4, 0.5) is 0 Å². The monoisotopic (exact) mass is 162 g/mol. The molecule has 2 fully saturated rings. The molecule has 5 atom stereocenters. The van der Waals surface area contributed by atoms with Gasteiger partial charge in [-0.05, 0) is 6.92 Å². The molecule has 2 heterocycles. The first-order valence-corrected chi connectivity index (χ1v) is 3.89. The Morgan fingerprint density at radius 3 is 2.70 bits per heavy atom. The fourth-order valence-corrected chi connectivity index (χ4v) is 1.69. The van der Waals surface area contributed by atoms with Crippen LogP contribution in [-0.2, 0) is 9.47 Å². The molecule has 2 aliphatic heterocycles. The summed E-state index contributed by atoms with van der Waals surface area (Å²) >= 11 is 4.05. The lowest BCUT2D eigenvalue weighted by Gasteiger charge is -2.25. The molecule has 5 unspecified atom stereocenters. The average molecular weight is 162 g/mol. The van der Waals surface area contributed by atoms with Gasteiger partial charge in [0.05, 0.1) is 6.10 Å². The summed E-state index contributed by atoms with van der Waals surface area (Å²) in [5, 5.41) is 9.28. The van der Waals surface area contributed by atoms with Crippen LogP contribution in [0.1, 0.15) is 6.92 Å². The number of aliphatic hydroxyl groups excluding tert-OH is 1. The Balaban J connectivity index is 2.05. The molecule has 4 heteroatoms. The Hall–Kier alpha value is 0.230. The van der Waals surface area contributed by atoms with Crippen molar-refractivity contribution >= 4 is 12.6 Å². The average Bonchev–Trinajstić information content (AvgIpc) is 2.61. The molecular formula is C6H10O3S. The normalized spacial score (nSPS) is 59.7. The van der Waals surface area contributed by atoms with Crippen molar-refractivity contribution < 1.29 is 14.6 Å². The van der Waals surface area contributed by atoms with Gasteiger partial charge in [0.15, 0.2) is 0 Å². The second kappa shape index (κ2) is 2.11. The molecule has 1 N–H and O–H groups in total. The quantitative estimate of drug-likeness (QED) is 0.382. The van der Waals surface area contributed by atoms with Gasteiger partial charge >= 0.3 is 0 Å². The van der Waals surface area contributed by atoms with Crippen LogP contribution >= 0.6 is 12.6 Å². The zero-order valence-corrected chi connectivity index (χ0v) is 6.49. The maximum atomic E-state index is 9.28. The van der Waals surface area contributed by atoms with Crippen molar-refractivity contribution in [3.63, 3.8) is 0 Å². The Morgan fingerprint density at radius 1 is 1.30 bits per heavy atom. The first-order chi connectivity index (χ1) is 4.70. The van der Waals surface area contributed by atoms with Crippen molar-refractivity contribution in [3.8, 4) is 0 Å². The van der Waals surface area contributed by atoms with Gasteiger partial charge in [0.25, 0.3) is 0 Å². The summed E-state index contributed by atoms with van der Waals surface area (Å²) in [7, 11) is 0. The summed E-state index contributed by atoms with van der Waals surface area (Å²) in [5.74, 6) is 0. The lowest BCUT2D eigenvalue weighted by atomic mass is 10.1. The minimum Gasteiger partial charge on any atom is -0.387 e. The molecule has 0 radical (unpaired) electrons. The summed E-state index contributed by atoms with van der Waals surface area (Å²) in [4.78, 5) is 0. The zero-order valence-electron chi connectivity index (χ0n) is 5.60. The van der Waals surface area contributed by atoms with Crippen molar-refractivity contribution in [1.82, 2.24) is 0 Å². The van der Waals surface area contributed by atoms with E-state index in [0.29, 0.717) is 0 Å².